The summed E-state index contributed by atoms with van der Waals surface area (Å²) in [6, 6.07) is 0. The molecule has 1 atom stereocenters. The number of rotatable bonds is 5. The first-order valence-electron chi connectivity index (χ1n) is 6.09. The number of hydrogen-bond acceptors (Lipinski definition) is 6. The van der Waals surface area contributed by atoms with Crippen LogP contribution in [0.3, 0.4) is 0 Å². The Bertz CT molecular complexity index is 501. The second-order valence-electron chi connectivity index (χ2n) is 5.10. The van der Waals surface area contributed by atoms with Crippen LogP contribution >= 0.6 is 0 Å². The molecule has 1 heterocycles. The summed E-state index contributed by atoms with van der Waals surface area (Å²) < 4.78 is 9.80. The minimum atomic E-state index is -1.10. The zero-order chi connectivity index (χ0) is 15.3. The van der Waals surface area contributed by atoms with Crippen molar-refractivity contribution in [2.75, 3.05) is 6.61 Å². The van der Waals surface area contributed by atoms with Crippen LogP contribution in [0.2, 0.25) is 0 Å². The van der Waals surface area contributed by atoms with E-state index in [1.807, 2.05) is 0 Å². The predicted octanol–water partition coefficient (Wildman–Crippen LogP) is 2.07. The van der Waals surface area contributed by atoms with Gasteiger partial charge in [0.25, 0.3) is 0 Å². The van der Waals surface area contributed by atoms with Crippen LogP contribution in [0.15, 0.2) is 24.1 Å². The van der Waals surface area contributed by atoms with Gasteiger partial charge in [0.2, 0.25) is 11.5 Å². The van der Waals surface area contributed by atoms with Crippen LogP contribution in [-0.4, -0.2) is 29.8 Å². The topological polar surface area (TPSA) is 101 Å². The molecule has 1 saturated heterocycles. The van der Waals surface area contributed by atoms with Gasteiger partial charge in [-0.2, -0.15) is 0 Å². The van der Waals surface area contributed by atoms with Crippen LogP contribution in [0.5, 0.6) is 0 Å². The Kier molecular flexibility index (Phi) is 4.86. The zero-order valence-electron chi connectivity index (χ0n) is 11.5. The number of carbonyl (C=O) groups is 2. The highest BCUT2D eigenvalue weighted by molar-refractivity contribution is 5.93. The summed E-state index contributed by atoms with van der Waals surface area (Å²) in [5.41, 5.74) is -1.30. The lowest BCUT2D eigenvalue weighted by Crippen LogP contribution is -2.35. The summed E-state index contributed by atoms with van der Waals surface area (Å²) in [6.07, 6.45) is 0.915. The number of allylic oxidation sites excluding steroid dienone is 2. The van der Waals surface area contributed by atoms with Crippen molar-refractivity contribution in [3.05, 3.63) is 29.1 Å². The van der Waals surface area contributed by atoms with Gasteiger partial charge in [-0.1, -0.05) is 19.9 Å². The Morgan fingerprint density at radius 3 is 2.80 bits per heavy atom. The lowest BCUT2D eigenvalue weighted by Gasteiger charge is -2.20. The molecule has 0 aromatic heterocycles. The number of nitrogens with zero attached hydrogens (tertiary/aromatic N) is 2. The summed E-state index contributed by atoms with van der Waals surface area (Å²) >= 11 is 0. The van der Waals surface area contributed by atoms with Gasteiger partial charge in [0, 0.05) is 11.8 Å². The molecule has 1 fully saturated rings. The van der Waals surface area contributed by atoms with E-state index in [0.717, 1.165) is 0 Å². The van der Waals surface area contributed by atoms with Crippen LogP contribution in [0.1, 0.15) is 26.7 Å². The number of cyclic esters (lactones) is 1. The lowest BCUT2D eigenvalue weighted by atomic mass is 9.90. The lowest BCUT2D eigenvalue weighted by molar-refractivity contribution is -0.160. The maximum absolute atomic E-state index is 11.8. The average Bonchev–Trinajstić information content (AvgIpc) is 2.64. The fraction of sp³-hybridized carbons (Fsp3) is 0.538. The van der Waals surface area contributed by atoms with E-state index in [4.69, 9.17) is 14.9 Å². The molecule has 108 valence electrons. The molecule has 0 spiro atoms. The number of carbonyl (C=O) groups excluding carboxylic acids is 2. The molecule has 20 heavy (non-hydrogen) atoms. The molecular weight excluding hydrogens is 264 g/mol. The Hall–Kier alpha value is -2.36. The van der Waals surface area contributed by atoms with E-state index in [1.165, 1.54) is 6.08 Å². The fourth-order valence-electron chi connectivity index (χ4n) is 1.67. The monoisotopic (exact) mass is 281 g/mol. The van der Waals surface area contributed by atoms with Crippen molar-refractivity contribution in [1.29, 1.82) is 5.39 Å². The average molecular weight is 281 g/mol. The number of aliphatic hydroxyl groups is 1. The fourth-order valence-corrected chi connectivity index (χ4v) is 1.67. The molecule has 0 bridgehead atoms. The Morgan fingerprint density at radius 2 is 2.35 bits per heavy atom. The number of aliphatic hydroxyl groups excluding tert-OH is 1. The summed E-state index contributed by atoms with van der Waals surface area (Å²) in [6.45, 7) is 7.00. The summed E-state index contributed by atoms with van der Waals surface area (Å²) in [5, 5.41) is 18.4. The first-order valence-corrected chi connectivity index (χ1v) is 6.09. The van der Waals surface area contributed by atoms with Crippen LogP contribution in [0.25, 0.3) is 4.98 Å². The zero-order valence-corrected chi connectivity index (χ0v) is 11.5. The smallest absolute Gasteiger partial charge is 0.505 e. The van der Waals surface area contributed by atoms with Crippen molar-refractivity contribution in [3.8, 4) is 0 Å². The third-order valence-electron chi connectivity index (χ3n) is 2.89. The summed E-state index contributed by atoms with van der Waals surface area (Å²) in [7, 11) is 0. The molecule has 1 rings (SSSR count). The maximum Gasteiger partial charge on any atom is 0.505 e. The van der Waals surface area contributed by atoms with Crippen molar-refractivity contribution < 1.29 is 24.2 Å². The van der Waals surface area contributed by atoms with Gasteiger partial charge in [-0.3, -0.25) is 0 Å². The Balaban J connectivity index is 2.86. The second-order valence-corrected chi connectivity index (χ2v) is 5.10. The number of ether oxygens (including phenoxy) is 2. The molecule has 0 aromatic carbocycles. The second kappa shape index (κ2) is 6.19. The highest BCUT2D eigenvalue weighted by atomic mass is 16.6. The summed E-state index contributed by atoms with van der Waals surface area (Å²) in [4.78, 5) is 26.1. The van der Waals surface area contributed by atoms with E-state index in [1.54, 1.807) is 13.8 Å². The SMILES string of the molecule is C=CCC/C(O)=C(\[N+]#N)C(=O)O[C@H]1C(=O)OCC1(C)C. The standard InChI is InChI=1S/C13H16N2O5/c1-4-5-6-8(16)9(15-14)11(17)20-10-12(18)19-7-13(10,2)3/h4,10H,1,5-7H2,2-3H3/p+1/t10-/m0/s1. The van der Waals surface area contributed by atoms with Crippen molar-refractivity contribution >= 4 is 11.9 Å². The van der Waals surface area contributed by atoms with Gasteiger partial charge >= 0.3 is 17.6 Å². The van der Waals surface area contributed by atoms with Crippen molar-refractivity contribution in [1.82, 2.24) is 0 Å². The van der Waals surface area contributed by atoms with E-state index in [2.05, 4.69) is 11.6 Å². The number of hydrogen-bond donors (Lipinski definition) is 1. The van der Waals surface area contributed by atoms with E-state index < -0.39 is 34.9 Å². The molecule has 0 radical (unpaired) electrons. The normalized spacial score (nSPS) is 21.4. The molecule has 0 aliphatic carbocycles. The number of esters is 2. The first-order chi connectivity index (χ1) is 9.33. The minimum Gasteiger partial charge on any atom is -0.505 e. The molecular formula is C13H17N2O5+. The van der Waals surface area contributed by atoms with Crippen molar-refractivity contribution in [2.24, 2.45) is 5.41 Å². The third kappa shape index (κ3) is 3.35. The van der Waals surface area contributed by atoms with Crippen LogP contribution in [-0.2, 0) is 19.1 Å². The van der Waals surface area contributed by atoms with Crippen LogP contribution in [0.4, 0.5) is 0 Å². The van der Waals surface area contributed by atoms with E-state index in [9.17, 15) is 14.7 Å². The van der Waals surface area contributed by atoms with Crippen molar-refractivity contribution in [2.45, 2.75) is 32.8 Å². The molecule has 7 nitrogen and oxygen atoms in total. The molecule has 7 heteroatoms. The van der Waals surface area contributed by atoms with E-state index >= 15 is 0 Å². The van der Waals surface area contributed by atoms with Crippen LogP contribution < -0.4 is 0 Å². The molecule has 1 aliphatic rings. The minimum absolute atomic E-state index is 0.0799. The van der Waals surface area contributed by atoms with Gasteiger partial charge in [0.1, 0.15) is 6.61 Å². The van der Waals surface area contributed by atoms with Gasteiger partial charge in [0.15, 0.2) is 10.7 Å². The van der Waals surface area contributed by atoms with Gasteiger partial charge in [-0.05, 0) is 6.42 Å². The highest BCUT2D eigenvalue weighted by Gasteiger charge is 2.48. The van der Waals surface area contributed by atoms with Crippen LogP contribution in [0, 0.1) is 10.8 Å². The van der Waals surface area contributed by atoms with E-state index in [-0.39, 0.29) is 13.0 Å². The third-order valence-corrected chi connectivity index (χ3v) is 2.89. The maximum atomic E-state index is 11.8. The predicted molar refractivity (Wildman–Crippen MR) is 68.8 cm³/mol. The van der Waals surface area contributed by atoms with Gasteiger partial charge in [-0.25, -0.2) is 9.59 Å². The quantitative estimate of drug-likeness (QED) is 0.272. The number of diazo groups is 1. The van der Waals surface area contributed by atoms with E-state index in [0.29, 0.717) is 6.42 Å². The molecule has 0 saturated carbocycles. The Morgan fingerprint density at radius 1 is 1.70 bits per heavy atom. The molecule has 1 aliphatic heterocycles. The van der Waals surface area contributed by atoms with Gasteiger partial charge < -0.3 is 14.6 Å². The molecule has 1 N–H and O–H groups in total. The molecule has 0 amide bonds. The largest absolute Gasteiger partial charge is 0.505 e. The van der Waals surface area contributed by atoms with Gasteiger partial charge in [0.05, 0.1) is 0 Å². The highest BCUT2D eigenvalue weighted by Crippen LogP contribution is 2.31. The molecule has 0 aromatic rings. The van der Waals surface area contributed by atoms with Gasteiger partial charge in [-0.15, -0.1) is 6.58 Å². The first kappa shape index (κ1) is 15.7. The van der Waals surface area contributed by atoms with Crippen molar-refractivity contribution in [3.63, 3.8) is 0 Å². The summed E-state index contributed by atoms with van der Waals surface area (Å²) in [5.74, 6) is -2.17. The Labute approximate surface area is 116 Å². The molecule has 0 unspecified atom stereocenters.